The molecular formula is C10H12BrN3O. The van der Waals surface area contributed by atoms with E-state index < -0.39 is 6.10 Å². The van der Waals surface area contributed by atoms with Crippen molar-refractivity contribution in [1.82, 2.24) is 9.55 Å². The smallest absolute Gasteiger partial charge is 0.0955 e. The molecule has 1 aromatic heterocycles. The average Bonchev–Trinajstić information content (AvgIpc) is 2.59. The lowest BCUT2D eigenvalue weighted by molar-refractivity contribution is 0.187. The number of fused-ring (bicyclic) bond motifs is 1. The van der Waals surface area contributed by atoms with Crippen LogP contribution in [-0.2, 0) is 7.05 Å². The second-order valence-corrected chi connectivity index (χ2v) is 4.33. The van der Waals surface area contributed by atoms with Crippen molar-refractivity contribution in [2.45, 2.75) is 6.10 Å². The quantitative estimate of drug-likeness (QED) is 0.865. The highest BCUT2D eigenvalue weighted by Gasteiger charge is 2.11. The predicted molar refractivity (Wildman–Crippen MR) is 62.4 cm³/mol. The first-order valence-corrected chi connectivity index (χ1v) is 5.41. The second-order valence-electron chi connectivity index (χ2n) is 3.48. The van der Waals surface area contributed by atoms with E-state index in [0.29, 0.717) is 0 Å². The van der Waals surface area contributed by atoms with Crippen LogP contribution >= 0.6 is 15.9 Å². The number of aliphatic hydroxyl groups excluding tert-OH is 1. The summed E-state index contributed by atoms with van der Waals surface area (Å²) in [5, 5.41) is 9.64. The fraction of sp³-hybridized carbons (Fsp3) is 0.300. The Morgan fingerprint density at radius 3 is 3.00 bits per heavy atom. The van der Waals surface area contributed by atoms with Gasteiger partial charge in [0, 0.05) is 18.1 Å². The molecule has 4 nitrogen and oxygen atoms in total. The van der Waals surface area contributed by atoms with Crippen LogP contribution in [0.25, 0.3) is 11.0 Å². The first-order chi connectivity index (χ1) is 7.13. The van der Waals surface area contributed by atoms with Gasteiger partial charge in [0.1, 0.15) is 0 Å². The summed E-state index contributed by atoms with van der Waals surface area (Å²) in [7, 11) is 1.93. The molecule has 1 unspecified atom stereocenters. The van der Waals surface area contributed by atoms with E-state index in [2.05, 4.69) is 20.9 Å². The third kappa shape index (κ3) is 1.78. The van der Waals surface area contributed by atoms with Gasteiger partial charge in [-0.2, -0.15) is 0 Å². The first kappa shape index (κ1) is 10.6. The maximum atomic E-state index is 9.64. The number of imidazole rings is 1. The van der Waals surface area contributed by atoms with Crippen molar-refractivity contribution in [3.05, 3.63) is 28.5 Å². The Balaban J connectivity index is 2.63. The van der Waals surface area contributed by atoms with Crippen LogP contribution in [0.1, 0.15) is 11.7 Å². The van der Waals surface area contributed by atoms with Crippen LogP contribution in [-0.4, -0.2) is 21.2 Å². The number of rotatable bonds is 2. The molecule has 15 heavy (non-hydrogen) atoms. The molecule has 1 atom stereocenters. The number of aryl methyl sites for hydroxylation is 1. The van der Waals surface area contributed by atoms with Crippen molar-refractivity contribution < 1.29 is 5.11 Å². The van der Waals surface area contributed by atoms with Gasteiger partial charge in [-0.1, -0.05) is 0 Å². The summed E-state index contributed by atoms with van der Waals surface area (Å²) >= 11 is 3.46. The van der Waals surface area contributed by atoms with Crippen molar-refractivity contribution in [3.8, 4) is 0 Å². The lowest BCUT2D eigenvalue weighted by atomic mass is 10.1. The van der Waals surface area contributed by atoms with Gasteiger partial charge in [-0.15, -0.1) is 0 Å². The zero-order chi connectivity index (χ0) is 11.0. The third-order valence-electron chi connectivity index (χ3n) is 2.40. The van der Waals surface area contributed by atoms with Gasteiger partial charge < -0.3 is 15.4 Å². The van der Waals surface area contributed by atoms with E-state index in [0.717, 1.165) is 21.1 Å². The predicted octanol–water partition coefficient (Wildman–Crippen LogP) is 1.33. The number of halogens is 1. The number of hydrogen-bond donors (Lipinski definition) is 2. The van der Waals surface area contributed by atoms with Crippen LogP contribution in [0.2, 0.25) is 0 Å². The summed E-state index contributed by atoms with van der Waals surface area (Å²) in [6, 6.07) is 3.74. The van der Waals surface area contributed by atoms with E-state index in [-0.39, 0.29) is 6.54 Å². The number of aromatic nitrogens is 2. The maximum absolute atomic E-state index is 9.64. The van der Waals surface area contributed by atoms with E-state index in [4.69, 9.17) is 5.73 Å². The fourth-order valence-electron chi connectivity index (χ4n) is 1.59. The topological polar surface area (TPSA) is 64.1 Å². The Kier molecular flexibility index (Phi) is 2.77. The highest BCUT2D eigenvalue weighted by Crippen LogP contribution is 2.27. The summed E-state index contributed by atoms with van der Waals surface area (Å²) in [4.78, 5) is 4.24. The van der Waals surface area contributed by atoms with Crippen LogP contribution in [0.3, 0.4) is 0 Å². The van der Waals surface area contributed by atoms with Gasteiger partial charge in [0.2, 0.25) is 0 Å². The van der Waals surface area contributed by atoms with Crippen molar-refractivity contribution in [1.29, 1.82) is 0 Å². The first-order valence-electron chi connectivity index (χ1n) is 4.62. The van der Waals surface area contributed by atoms with Gasteiger partial charge in [0.15, 0.2) is 0 Å². The third-order valence-corrected chi connectivity index (χ3v) is 3.00. The number of benzene rings is 1. The summed E-state index contributed by atoms with van der Waals surface area (Å²) in [6.45, 7) is 0.213. The minimum atomic E-state index is -0.632. The molecule has 1 heterocycles. The fourth-order valence-corrected chi connectivity index (χ4v) is 2.33. The van der Waals surface area contributed by atoms with E-state index in [9.17, 15) is 5.11 Å². The summed E-state index contributed by atoms with van der Waals surface area (Å²) < 4.78 is 2.85. The minimum Gasteiger partial charge on any atom is -0.387 e. The molecule has 2 aromatic rings. The summed E-state index contributed by atoms with van der Waals surface area (Å²) in [5.41, 5.74) is 8.07. The largest absolute Gasteiger partial charge is 0.387 e. The SMILES string of the molecule is Cn1cnc2cc(C(O)CN)cc(Br)c21. The molecule has 0 amide bonds. The molecule has 1 aromatic carbocycles. The number of nitrogens with two attached hydrogens (primary N) is 1. The van der Waals surface area contributed by atoms with Gasteiger partial charge in [0.25, 0.3) is 0 Å². The van der Waals surface area contributed by atoms with E-state index in [1.807, 2.05) is 23.7 Å². The molecule has 0 bridgehead atoms. The molecule has 2 rings (SSSR count). The van der Waals surface area contributed by atoms with Crippen molar-refractivity contribution >= 4 is 27.0 Å². The van der Waals surface area contributed by atoms with Gasteiger partial charge in [0.05, 0.1) is 23.5 Å². The minimum absolute atomic E-state index is 0.213. The van der Waals surface area contributed by atoms with Gasteiger partial charge in [-0.3, -0.25) is 0 Å². The zero-order valence-electron chi connectivity index (χ0n) is 8.31. The molecule has 0 fully saturated rings. The van der Waals surface area contributed by atoms with Gasteiger partial charge in [-0.05, 0) is 33.6 Å². The summed E-state index contributed by atoms with van der Waals surface area (Å²) in [6.07, 6.45) is 1.11. The van der Waals surface area contributed by atoms with Crippen LogP contribution in [0, 0.1) is 0 Å². The van der Waals surface area contributed by atoms with Crippen molar-refractivity contribution in [2.24, 2.45) is 12.8 Å². The normalized spacial score (nSPS) is 13.3. The van der Waals surface area contributed by atoms with E-state index in [1.54, 1.807) is 6.33 Å². The highest BCUT2D eigenvalue weighted by atomic mass is 79.9. The standard InChI is InChI=1S/C10H12BrN3O/c1-14-5-13-8-3-6(9(15)4-12)2-7(11)10(8)14/h2-3,5,9,15H,4,12H2,1H3. The van der Waals surface area contributed by atoms with E-state index >= 15 is 0 Å². The lowest BCUT2D eigenvalue weighted by Gasteiger charge is -2.09. The maximum Gasteiger partial charge on any atom is 0.0955 e. The lowest BCUT2D eigenvalue weighted by Crippen LogP contribution is -2.11. The molecule has 0 saturated carbocycles. The Labute approximate surface area is 95.8 Å². The molecular weight excluding hydrogens is 258 g/mol. The molecule has 0 saturated heterocycles. The molecule has 5 heteroatoms. The van der Waals surface area contributed by atoms with Crippen LogP contribution < -0.4 is 5.73 Å². The van der Waals surface area contributed by atoms with Crippen molar-refractivity contribution in [2.75, 3.05) is 6.54 Å². The van der Waals surface area contributed by atoms with Gasteiger partial charge in [-0.25, -0.2) is 4.98 Å². The molecule has 80 valence electrons. The highest BCUT2D eigenvalue weighted by molar-refractivity contribution is 9.10. The molecule has 3 N–H and O–H groups in total. The number of aliphatic hydroxyl groups is 1. The number of nitrogens with zero attached hydrogens (tertiary/aromatic N) is 2. The van der Waals surface area contributed by atoms with Gasteiger partial charge >= 0.3 is 0 Å². The molecule has 0 aliphatic rings. The van der Waals surface area contributed by atoms with E-state index in [1.165, 1.54) is 0 Å². The zero-order valence-corrected chi connectivity index (χ0v) is 9.90. The average molecular weight is 270 g/mol. The Morgan fingerprint density at radius 2 is 2.33 bits per heavy atom. The monoisotopic (exact) mass is 269 g/mol. The van der Waals surface area contributed by atoms with Crippen LogP contribution in [0.4, 0.5) is 0 Å². The van der Waals surface area contributed by atoms with Crippen LogP contribution in [0.15, 0.2) is 22.9 Å². The Hall–Kier alpha value is -0.910. The Morgan fingerprint density at radius 1 is 1.60 bits per heavy atom. The second kappa shape index (κ2) is 3.92. The summed E-state index contributed by atoms with van der Waals surface area (Å²) in [5.74, 6) is 0. The molecule has 0 spiro atoms. The van der Waals surface area contributed by atoms with Crippen molar-refractivity contribution in [3.63, 3.8) is 0 Å². The molecule has 0 aliphatic heterocycles. The number of hydrogen-bond acceptors (Lipinski definition) is 3. The molecule has 0 radical (unpaired) electrons. The molecule has 0 aliphatic carbocycles. The van der Waals surface area contributed by atoms with Crippen LogP contribution in [0.5, 0.6) is 0 Å². The Bertz CT molecular complexity index is 495.